The van der Waals surface area contributed by atoms with Crippen LogP contribution in [0.2, 0.25) is 0 Å². The minimum absolute atomic E-state index is 0.108. The summed E-state index contributed by atoms with van der Waals surface area (Å²) in [5.41, 5.74) is 5.07. The van der Waals surface area contributed by atoms with Gasteiger partial charge in [0.25, 0.3) is 0 Å². The van der Waals surface area contributed by atoms with Crippen LogP contribution in [0.25, 0.3) is 22.5 Å². The second kappa shape index (κ2) is 10.2. The molecule has 5 rings (SSSR count). The maximum Gasteiger partial charge on any atom is 0.410 e. The van der Waals surface area contributed by atoms with Crippen LogP contribution in [0.1, 0.15) is 44.2 Å². The Morgan fingerprint density at radius 1 is 1.05 bits per heavy atom. The van der Waals surface area contributed by atoms with Crippen LogP contribution in [0.3, 0.4) is 0 Å². The van der Waals surface area contributed by atoms with Crippen LogP contribution < -0.4 is 0 Å². The molecule has 1 atom stereocenters. The first-order valence-corrected chi connectivity index (χ1v) is 12.6. The summed E-state index contributed by atoms with van der Waals surface area (Å²) in [6.07, 6.45) is 4.38. The number of halogens is 1. The summed E-state index contributed by atoms with van der Waals surface area (Å²) < 4.78 is 21.0. The quantitative estimate of drug-likeness (QED) is 0.314. The van der Waals surface area contributed by atoms with Crippen molar-refractivity contribution >= 4 is 6.09 Å². The summed E-state index contributed by atoms with van der Waals surface area (Å²) in [6, 6.07) is 20.6. The van der Waals surface area contributed by atoms with Crippen LogP contribution in [0.15, 0.2) is 79.1 Å². The van der Waals surface area contributed by atoms with E-state index in [2.05, 4.69) is 12.1 Å². The summed E-state index contributed by atoms with van der Waals surface area (Å²) in [6.45, 7) is 7.48. The molecule has 2 aromatic heterocycles. The molecule has 3 heterocycles. The average molecular weight is 499 g/mol. The first kappa shape index (κ1) is 24.7. The lowest BCUT2D eigenvalue weighted by molar-refractivity contribution is 0.0292. The molecule has 1 amide bonds. The molecule has 1 unspecified atom stereocenters. The molecule has 0 N–H and O–H groups in total. The Hall–Kier alpha value is -4.00. The van der Waals surface area contributed by atoms with Gasteiger partial charge in [0.1, 0.15) is 11.4 Å². The number of carbonyl (C=O) groups is 1. The van der Waals surface area contributed by atoms with E-state index in [4.69, 9.17) is 14.8 Å². The van der Waals surface area contributed by atoms with Gasteiger partial charge in [-0.25, -0.2) is 9.18 Å². The van der Waals surface area contributed by atoms with Crippen molar-refractivity contribution in [3.63, 3.8) is 0 Å². The predicted octanol–water partition coefficient (Wildman–Crippen LogP) is 6.52. The minimum atomic E-state index is -0.537. The van der Waals surface area contributed by atoms with Gasteiger partial charge in [-0.1, -0.05) is 30.3 Å². The molecule has 1 fully saturated rings. The monoisotopic (exact) mass is 498 g/mol. The Morgan fingerprint density at radius 3 is 2.54 bits per heavy atom. The fourth-order valence-electron chi connectivity index (χ4n) is 4.66. The zero-order valence-electron chi connectivity index (χ0n) is 21.4. The van der Waals surface area contributed by atoms with Crippen molar-refractivity contribution in [1.29, 1.82) is 0 Å². The van der Waals surface area contributed by atoms with Crippen molar-refractivity contribution in [2.45, 2.75) is 45.3 Å². The van der Waals surface area contributed by atoms with Gasteiger partial charge in [-0.2, -0.15) is 5.10 Å². The SMILES string of the molecule is CC(C)(C)OC(=O)N1CCC(c2cnc(-c3ccc(F)cc3)cc2-c2ccn(Cc3ccccc3)n2)C1. The van der Waals surface area contributed by atoms with E-state index in [0.29, 0.717) is 19.6 Å². The largest absolute Gasteiger partial charge is 0.444 e. The van der Waals surface area contributed by atoms with Crippen molar-refractivity contribution in [2.24, 2.45) is 0 Å². The fraction of sp³-hybridized carbons (Fsp3) is 0.300. The van der Waals surface area contributed by atoms with Crippen molar-refractivity contribution in [1.82, 2.24) is 19.7 Å². The van der Waals surface area contributed by atoms with Crippen molar-refractivity contribution < 1.29 is 13.9 Å². The third kappa shape index (κ3) is 5.88. The first-order chi connectivity index (χ1) is 17.7. The van der Waals surface area contributed by atoms with Gasteiger partial charge < -0.3 is 9.64 Å². The normalized spacial score (nSPS) is 15.7. The molecule has 4 aromatic rings. The van der Waals surface area contributed by atoms with E-state index >= 15 is 0 Å². The number of nitrogens with zero attached hydrogens (tertiary/aromatic N) is 4. The molecule has 7 heteroatoms. The number of rotatable bonds is 5. The minimum Gasteiger partial charge on any atom is -0.444 e. The number of amides is 1. The van der Waals surface area contributed by atoms with Gasteiger partial charge in [-0.05, 0) is 74.7 Å². The van der Waals surface area contributed by atoms with Crippen LogP contribution in [0.4, 0.5) is 9.18 Å². The standard InChI is InChI=1S/C30H31FN4O2/c1-30(2,3)37-29(36)34-15-13-23(20-34)26-18-32-28(22-9-11-24(31)12-10-22)17-25(26)27-14-16-35(33-27)19-21-7-5-4-6-8-21/h4-12,14,16-18,23H,13,15,19-20H2,1-3H3. The Bertz CT molecular complexity index is 1380. The van der Waals surface area contributed by atoms with Crippen molar-refractivity contribution in [3.8, 4) is 22.5 Å². The van der Waals surface area contributed by atoms with Crippen LogP contribution >= 0.6 is 0 Å². The van der Waals surface area contributed by atoms with E-state index in [-0.39, 0.29) is 17.8 Å². The highest BCUT2D eigenvalue weighted by atomic mass is 19.1. The highest BCUT2D eigenvalue weighted by Gasteiger charge is 2.32. The van der Waals surface area contributed by atoms with Gasteiger partial charge >= 0.3 is 6.09 Å². The molecule has 0 bridgehead atoms. The van der Waals surface area contributed by atoms with Gasteiger partial charge in [-0.15, -0.1) is 0 Å². The molecule has 0 aliphatic carbocycles. The zero-order valence-corrected chi connectivity index (χ0v) is 21.4. The third-order valence-corrected chi connectivity index (χ3v) is 6.46. The second-order valence-electron chi connectivity index (χ2n) is 10.5. The Balaban J connectivity index is 1.47. The van der Waals surface area contributed by atoms with Gasteiger partial charge in [0.2, 0.25) is 0 Å². The molecule has 1 aliphatic heterocycles. The van der Waals surface area contributed by atoms with E-state index in [1.807, 2.05) is 68.2 Å². The van der Waals surface area contributed by atoms with E-state index in [1.165, 1.54) is 17.7 Å². The summed E-state index contributed by atoms with van der Waals surface area (Å²) in [7, 11) is 0. The smallest absolute Gasteiger partial charge is 0.410 e. The summed E-state index contributed by atoms with van der Waals surface area (Å²) in [4.78, 5) is 19.2. The topological polar surface area (TPSA) is 60.2 Å². The van der Waals surface area contributed by atoms with Gasteiger partial charge in [0.15, 0.2) is 0 Å². The molecule has 6 nitrogen and oxygen atoms in total. The lowest BCUT2D eigenvalue weighted by Gasteiger charge is -2.24. The van der Waals surface area contributed by atoms with E-state index in [0.717, 1.165) is 34.5 Å². The first-order valence-electron chi connectivity index (χ1n) is 12.6. The predicted molar refractivity (Wildman–Crippen MR) is 142 cm³/mol. The lowest BCUT2D eigenvalue weighted by atomic mass is 9.92. The maximum absolute atomic E-state index is 13.5. The third-order valence-electron chi connectivity index (χ3n) is 6.46. The number of hydrogen-bond acceptors (Lipinski definition) is 4. The highest BCUT2D eigenvalue weighted by Crippen LogP contribution is 2.36. The summed E-state index contributed by atoms with van der Waals surface area (Å²) in [5.74, 6) is -0.176. The molecule has 2 aromatic carbocycles. The number of benzene rings is 2. The number of pyridine rings is 1. The Kier molecular flexibility index (Phi) is 6.78. The van der Waals surface area contributed by atoms with Crippen molar-refractivity contribution in [2.75, 3.05) is 13.1 Å². The molecule has 190 valence electrons. The Morgan fingerprint density at radius 2 is 1.81 bits per heavy atom. The maximum atomic E-state index is 13.5. The molecule has 0 spiro atoms. The molecule has 37 heavy (non-hydrogen) atoms. The van der Waals surface area contributed by atoms with Crippen LogP contribution in [-0.4, -0.2) is 44.4 Å². The lowest BCUT2D eigenvalue weighted by Crippen LogP contribution is -2.35. The summed E-state index contributed by atoms with van der Waals surface area (Å²) >= 11 is 0. The summed E-state index contributed by atoms with van der Waals surface area (Å²) in [5, 5.41) is 4.88. The van der Waals surface area contributed by atoms with E-state index < -0.39 is 5.60 Å². The zero-order chi connectivity index (χ0) is 26.0. The van der Waals surface area contributed by atoms with E-state index in [1.54, 1.807) is 17.0 Å². The number of hydrogen-bond donors (Lipinski definition) is 0. The molecule has 1 aliphatic rings. The van der Waals surface area contributed by atoms with Crippen LogP contribution in [0, 0.1) is 5.82 Å². The van der Waals surface area contributed by atoms with E-state index in [9.17, 15) is 9.18 Å². The number of carbonyl (C=O) groups excluding carboxylic acids is 1. The van der Waals surface area contributed by atoms with Crippen molar-refractivity contribution in [3.05, 3.63) is 96.1 Å². The van der Waals surface area contributed by atoms with Crippen LogP contribution in [0.5, 0.6) is 0 Å². The Labute approximate surface area is 216 Å². The molecule has 1 saturated heterocycles. The molecular formula is C30H31FN4O2. The van der Waals surface area contributed by atoms with Gasteiger partial charge in [-0.3, -0.25) is 9.67 Å². The molecule has 0 radical (unpaired) electrons. The molecule has 0 saturated carbocycles. The molecular weight excluding hydrogens is 467 g/mol. The number of ether oxygens (including phenoxy) is 1. The van der Waals surface area contributed by atoms with Gasteiger partial charge in [0.05, 0.1) is 17.9 Å². The average Bonchev–Trinajstić information content (AvgIpc) is 3.54. The fourth-order valence-corrected chi connectivity index (χ4v) is 4.66. The number of likely N-dealkylation sites (tertiary alicyclic amines) is 1. The number of aromatic nitrogens is 3. The van der Waals surface area contributed by atoms with Crippen LogP contribution in [-0.2, 0) is 11.3 Å². The second-order valence-corrected chi connectivity index (χ2v) is 10.5. The highest BCUT2D eigenvalue weighted by molar-refractivity contribution is 5.72. The van der Waals surface area contributed by atoms with Gasteiger partial charge in [0, 0.05) is 42.5 Å².